The van der Waals surface area contributed by atoms with Crippen LogP contribution in [0.5, 0.6) is 0 Å². The van der Waals surface area contributed by atoms with Gasteiger partial charge in [0.15, 0.2) is 5.82 Å². The number of nitrogens with one attached hydrogen (secondary N) is 1. The summed E-state index contributed by atoms with van der Waals surface area (Å²) in [4.78, 5) is 22.4. The second-order valence-corrected chi connectivity index (χ2v) is 11.7. The molecule has 7 atom stereocenters. The van der Waals surface area contributed by atoms with Crippen molar-refractivity contribution in [1.82, 2.24) is 19.6 Å². The van der Waals surface area contributed by atoms with E-state index < -0.39 is 39.2 Å². The van der Waals surface area contributed by atoms with E-state index in [0.29, 0.717) is 24.1 Å². The van der Waals surface area contributed by atoms with Crippen molar-refractivity contribution in [1.29, 1.82) is 0 Å². The number of amides is 1. The van der Waals surface area contributed by atoms with Gasteiger partial charge in [0.25, 0.3) is 0 Å². The molecule has 0 aromatic carbocycles. The third-order valence-corrected chi connectivity index (χ3v) is 9.47. The Balaban J connectivity index is 1.42. The third kappa shape index (κ3) is 4.56. The maximum atomic E-state index is 13.3. The number of aromatic nitrogens is 2. The van der Waals surface area contributed by atoms with Crippen molar-refractivity contribution in [2.45, 2.75) is 69.2 Å². The van der Waals surface area contributed by atoms with Crippen LogP contribution in [-0.2, 0) is 24.9 Å². The number of nitrogens with zero attached hydrogens (tertiary/aromatic N) is 3. The SMILES string of the molecule is COC(=O)N1[C@H](C)C[C@H](NS(=O)(=O)CCl)[C@@H]1CO[C@H]1CC[C@]2(c3ncc(F)cn3)C(C1)[C@@H]2C. The molecule has 9 nitrogen and oxygen atoms in total. The van der Waals surface area contributed by atoms with Crippen molar-refractivity contribution < 1.29 is 27.1 Å². The standard InChI is InChI=1S/C21H30ClFN4O5S/c1-12-6-17(26-33(29,30)11-22)18(27(12)20(28)31-3)10-32-15-4-5-21(13(2)16(21)7-15)19-24-8-14(23)9-25-19/h8-9,12-13,15-18,26H,4-7,10-11H2,1-3H3/t12-,13+,15+,16?,17+,18+,21-/m1/s1. The number of halogens is 2. The zero-order valence-corrected chi connectivity index (χ0v) is 20.5. The molecule has 2 saturated carbocycles. The zero-order chi connectivity index (χ0) is 24.0. The van der Waals surface area contributed by atoms with Crippen LogP contribution in [0.25, 0.3) is 0 Å². The molecule has 33 heavy (non-hydrogen) atoms. The van der Waals surface area contributed by atoms with Crippen molar-refractivity contribution in [3.05, 3.63) is 24.0 Å². The fourth-order valence-electron chi connectivity index (χ4n) is 5.94. The van der Waals surface area contributed by atoms with Crippen LogP contribution in [0.4, 0.5) is 9.18 Å². The van der Waals surface area contributed by atoms with E-state index in [0.717, 1.165) is 19.3 Å². The van der Waals surface area contributed by atoms with Gasteiger partial charge in [-0.1, -0.05) is 6.92 Å². The molecule has 1 N–H and O–H groups in total. The second-order valence-electron chi connectivity index (χ2n) is 9.37. The molecule has 0 bridgehead atoms. The summed E-state index contributed by atoms with van der Waals surface area (Å²) in [5.74, 6) is 0.957. The first kappa shape index (κ1) is 24.6. The highest BCUT2D eigenvalue weighted by molar-refractivity contribution is 7.90. The predicted octanol–water partition coefficient (Wildman–Crippen LogP) is 2.40. The van der Waals surface area contributed by atoms with Crippen molar-refractivity contribution in [3.8, 4) is 0 Å². The third-order valence-electron chi connectivity index (χ3n) is 7.66. The number of alkyl halides is 1. The van der Waals surface area contributed by atoms with Crippen molar-refractivity contribution >= 4 is 27.7 Å². The number of carbonyl (C=O) groups is 1. The highest BCUT2D eigenvalue weighted by Crippen LogP contribution is 2.66. The van der Waals surface area contributed by atoms with Crippen LogP contribution < -0.4 is 4.72 Å². The molecule has 3 fully saturated rings. The molecular weight excluding hydrogens is 475 g/mol. The van der Waals surface area contributed by atoms with Crippen molar-refractivity contribution in [2.75, 3.05) is 18.9 Å². The molecule has 4 rings (SSSR count). The summed E-state index contributed by atoms with van der Waals surface area (Å²) in [5.41, 5.74) is -0.133. The molecule has 12 heteroatoms. The van der Waals surface area contributed by atoms with Crippen LogP contribution in [-0.4, -0.2) is 72.5 Å². The normalized spacial score (nSPS) is 35.8. The van der Waals surface area contributed by atoms with E-state index in [2.05, 4.69) is 21.6 Å². The van der Waals surface area contributed by atoms with Crippen LogP contribution >= 0.6 is 11.6 Å². The second kappa shape index (κ2) is 9.24. The molecule has 1 aromatic heterocycles. The maximum absolute atomic E-state index is 13.3. The number of rotatable bonds is 7. The molecule has 0 radical (unpaired) electrons. The van der Waals surface area contributed by atoms with Gasteiger partial charge >= 0.3 is 6.09 Å². The van der Waals surface area contributed by atoms with E-state index in [1.165, 1.54) is 19.5 Å². The minimum absolute atomic E-state index is 0.0331. The van der Waals surface area contributed by atoms with Crippen LogP contribution in [0.2, 0.25) is 0 Å². The fourth-order valence-corrected chi connectivity index (χ4v) is 6.91. The topological polar surface area (TPSA) is 111 Å². The first-order valence-electron chi connectivity index (χ1n) is 11.1. The number of fused-ring (bicyclic) bond motifs is 1. The quantitative estimate of drug-likeness (QED) is 0.567. The summed E-state index contributed by atoms with van der Waals surface area (Å²) in [6.07, 6.45) is 4.73. The maximum Gasteiger partial charge on any atom is 0.410 e. The van der Waals surface area contributed by atoms with Gasteiger partial charge in [0.05, 0.1) is 38.3 Å². The predicted molar refractivity (Wildman–Crippen MR) is 119 cm³/mol. The van der Waals surface area contributed by atoms with Gasteiger partial charge in [-0.15, -0.1) is 11.6 Å². The molecule has 2 heterocycles. The summed E-state index contributed by atoms with van der Waals surface area (Å²) in [7, 11) is -2.37. The van der Waals surface area contributed by atoms with Crippen LogP contribution in [0.1, 0.15) is 45.4 Å². The number of ether oxygens (including phenoxy) is 2. The first-order chi connectivity index (χ1) is 15.6. The summed E-state index contributed by atoms with van der Waals surface area (Å²) in [5, 5.41) is -0.556. The average Bonchev–Trinajstić information content (AvgIpc) is 3.26. The van der Waals surface area contributed by atoms with E-state index in [9.17, 15) is 17.6 Å². The lowest BCUT2D eigenvalue weighted by atomic mass is 9.85. The molecule has 1 saturated heterocycles. The Morgan fingerprint density at radius 3 is 2.64 bits per heavy atom. The molecule has 3 aliphatic rings. The molecule has 184 valence electrons. The Morgan fingerprint density at radius 2 is 2.03 bits per heavy atom. The largest absolute Gasteiger partial charge is 0.453 e. The molecule has 1 amide bonds. The number of hydrogen-bond acceptors (Lipinski definition) is 7. The zero-order valence-electron chi connectivity index (χ0n) is 18.9. The van der Waals surface area contributed by atoms with Gasteiger partial charge in [0.2, 0.25) is 10.0 Å². The minimum Gasteiger partial charge on any atom is -0.453 e. The van der Waals surface area contributed by atoms with E-state index in [-0.39, 0.29) is 24.2 Å². The summed E-state index contributed by atoms with van der Waals surface area (Å²) >= 11 is 5.57. The average molecular weight is 505 g/mol. The Bertz CT molecular complexity index is 983. The van der Waals surface area contributed by atoms with Gasteiger partial charge in [-0.25, -0.2) is 32.3 Å². The number of sulfonamides is 1. The summed E-state index contributed by atoms with van der Waals surface area (Å²) in [6, 6.07) is -1.24. The molecular formula is C21H30ClFN4O5S. The highest BCUT2D eigenvalue weighted by Gasteiger charge is 2.66. The Labute approximate surface area is 198 Å². The number of hydrogen-bond donors (Lipinski definition) is 1. The van der Waals surface area contributed by atoms with Crippen molar-refractivity contribution in [2.24, 2.45) is 11.8 Å². The van der Waals surface area contributed by atoms with E-state index >= 15 is 0 Å². The Kier molecular flexibility index (Phi) is 6.88. The van der Waals surface area contributed by atoms with Gasteiger partial charge in [-0.05, 0) is 44.4 Å². The summed E-state index contributed by atoms with van der Waals surface area (Å²) in [6.45, 7) is 4.19. The molecule has 1 unspecified atom stereocenters. The number of carbonyl (C=O) groups excluding carboxylic acids is 1. The van der Waals surface area contributed by atoms with Crippen LogP contribution in [0.15, 0.2) is 12.4 Å². The lowest BCUT2D eigenvalue weighted by Gasteiger charge is -2.32. The number of likely N-dealkylation sites (tertiary alicyclic amines) is 1. The lowest BCUT2D eigenvalue weighted by molar-refractivity contribution is -0.0103. The van der Waals surface area contributed by atoms with E-state index in [1.54, 1.807) is 4.90 Å². The van der Waals surface area contributed by atoms with Crippen LogP contribution in [0.3, 0.4) is 0 Å². The first-order valence-corrected chi connectivity index (χ1v) is 13.3. The Morgan fingerprint density at radius 1 is 1.33 bits per heavy atom. The minimum atomic E-state index is -3.67. The van der Waals surface area contributed by atoms with Gasteiger partial charge in [0, 0.05) is 17.5 Å². The van der Waals surface area contributed by atoms with Crippen LogP contribution in [0, 0.1) is 17.7 Å². The van der Waals surface area contributed by atoms with Crippen molar-refractivity contribution in [3.63, 3.8) is 0 Å². The smallest absolute Gasteiger partial charge is 0.410 e. The fraction of sp³-hybridized carbons (Fsp3) is 0.762. The highest BCUT2D eigenvalue weighted by atomic mass is 35.5. The molecule has 1 aliphatic heterocycles. The monoisotopic (exact) mass is 504 g/mol. The molecule has 0 spiro atoms. The van der Waals surface area contributed by atoms with E-state index in [1.807, 2.05) is 6.92 Å². The van der Waals surface area contributed by atoms with E-state index in [4.69, 9.17) is 21.1 Å². The van der Waals surface area contributed by atoms with Gasteiger partial charge < -0.3 is 9.47 Å². The number of methoxy groups -OCH3 is 1. The van der Waals surface area contributed by atoms with Gasteiger partial charge in [-0.2, -0.15) is 0 Å². The van der Waals surface area contributed by atoms with Gasteiger partial charge in [0.1, 0.15) is 11.0 Å². The lowest BCUT2D eigenvalue weighted by Crippen LogP contribution is -2.50. The molecule has 1 aromatic rings. The Hall–Kier alpha value is -1.56. The van der Waals surface area contributed by atoms with Gasteiger partial charge in [-0.3, -0.25) is 4.90 Å². The summed E-state index contributed by atoms with van der Waals surface area (Å²) < 4.78 is 51.2. The molecule has 2 aliphatic carbocycles.